The van der Waals surface area contributed by atoms with Crippen molar-refractivity contribution < 1.29 is 4.79 Å². The maximum atomic E-state index is 11.8. The summed E-state index contributed by atoms with van der Waals surface area (Å²) in [4.78, 5) is 11.8. The van der Waals surface area contributed by atoms with Gasteiger partial charge in [-0.3, -0.25) is 10.1 Å². The maximum Gasteiger partial charge on any atom is 0.250 e. The molecule has 1 N–H and O–H groups in total. The van der Waals surface area contributed by atoms with Crippen molar-refractivity contribution in [2.45, 2.75) is 32.6 Å². The summed E-state index contributed by atoms with van der Waals surface area (Å²) in [5.41, 5.74) is 0.991. The normalized spacial score (nSPS) is 10.9. The van der Waals surface area contributed by atoms with Gasteiger partial charge in [-0.25, -0.2) is 0 Å². The summed E-state index contributed by atoms with van der Waals surface area (Å²) in [5.74, 6) is -0.185. The first kappa shape index (κ1) is 15.4. The number of benzene rings is 1. The number of anilines is 1. The molecule has 5 heteroatoms. The molecule has 2 rings (SSSR count). The van der Waals surface area contributed by atoms with Gasteiger partial charge >= 0.3 is 0 Å². The number of aryl methyl sites for hydroxylation is 1. The third kappa shape index (κ3) is 5.47. The van der Waals surface area contributed by atoms with Crippen LogP contribution >= 0.6 is 11.3 Å². The van der Waals surface area contributed by atoms with E-state index in [-0.39, 0.29) is 5.91 Å². The van der Waals surface area contributed by atoms with Crippen molar-refractivity contribution >= 4 is 28.5 Å². The van der Waals surface area contributed by atoms with Crippen LogP contribution in [0.5, 0.6) is 0 Å². The van der Waals surface area contributed by atoms with Gasteiger partial charge in [-0.1, -0.05) is 61.4 Å². The van der Waals surface area contributed by atoms with E-state index in [0.717, 1.165) is 23.4 Å². The zero-order valence-electron chi connectivity index (χ0n) is 12.1. The number of unbranched alkanes of at least 4 members (excludes halogenated alkanes) is 2. The molecule has 1 heterocycles. The summed E-state index contributed by atoms with van der Waals surface area (Å²) in [7, 11) is 0. The average molecular weight is 301 g/mol. The van der Waals surface area contributed by atoms with Crippen molar-refractivity contribution in [3.05, 3.63) is 47.0 Å². The van der Waals surface area contributed by atoms with Gasteiger partial charge in [0.05, 0.1) is 0 Å². The smallest absolute Gasteiger partial charge is 0.250 e. The molecule has 1 amide bonds. The highest BCUT2D eigenvalue weighted by molar-refractivity contribution is 7.15. The fraction of sp³-hybridized carbons (Fsp3) is 0.312. The van der Waals surface area contributed by atoms with E-state index in [9.17, 15) is 4.79 Å². The Bertz CT molecular complexity index is 593. The Kier molecular flexibility index (Phi) is 6.09. The minimum atomic E-state index is -0.185. The monoisotopic (exact) mass is 301 g/mol. The van der Waals surface area contributed by atoms with E-state index in [0.29, 0.717) is 5.13 Å². The molecule has 2 aromatic rings. The van der Waals surface area contributed by atoms with E-state index in [1.807, 2.05) is 30.3 Å². The fourth-order valence-electron chi connectivity index (χ4n) is 1.81. The minimum Gasteiger partial charge on any atom is -0.297 e. The molecule has 0 aliphatic rings. The van der Waals surface area contributed by atoms with Crippen molar-refractivity contribution in [3.63, 3.8) is 0 Å². The summed E-state index contributed by atoms with van der Waals surface area (Å²) < 4.78 is 0. The Labute approximate surface area is 128 Å². The highest BCUT2D eigenvalue weighted by atomic mass is 32.1. The van der Waals surface area contributed by atoms with Gasteiger partial charge in [0.2, 0.25) is 11.0 Å². The van der Waals surface area contributed by atoms with Crippen LogP contribution in [0.2, 0.25) is 0 Å². The highest BCUT2D eigenvalue weighted by Gasteiger charge is 2.05. The molecular weight excluding hydrogens is 282 g/mol. The molecule has 0 aliphatic carbocycles. The molecule has 0 radical (unpaired) electrons. The molecule has 21 heavy (non-hydrogen) atoms. The Morgan fingerprint density at radius 3 is 2.81 bits per heavy atom. The van der Waals surface area contributed by atoms with Gasteiger partial charge in [0.25, 0.3) is 0 Å². The van der Waals surface area contributed by atoms with Crippen LogP contribution in [-0.4, -0.2) is 16.1 Å². The van der Waals surface area contributed by atoms with E-state index in [1.165, 1.54) is 30.3 Å². The van der Waals surface area contributed by atoms with Crippen molar-refractivity contribution in [1.29, 1.82) is 0 Å². The number of nitrogens with one attached hydrogen (secondary N) is 1. The van der Waals surface area contributed by atoms with E-state index in [4.69, 9.17) is 0 Å². The quantitative estimate of drug-likeness (QED) is 0.623. The second kappa shape index (κ2) is 8.32. The van der Waals surface area contributed by atoms with Crippen LogP contribution in [0.15, 0.2) is 36.4 Å². The molecule has 0 bridgehead atoms. The largest absolute Gasteiger partial charge is 0.297 e. The topological polar surface area (TPSA) is 54.9 Å². The average Bonchev–Trinajstić information content (AvgIpc) is 2.94. The van der Waals surface area contributed by atoms with Crippen LogP contribution in [0.3, 0.4) is 0 Å². The summed E-state index contributed by atoms with van der Waals surface area (Å²) in [6.07, 6.45) is 7.72. The lowest BCUT2D eigenvalue weighted by molar-refractivity contribution is -0.111. The van der Waals surface area contributed by atoms with Gasteiger partial charge in [0.1, 0.15) is 5.01 Å². The first-order chi connectivity index (χ1) is 10.3. The van der Waals surface area contributed by atoms with E-state index in [2.05, 4.69) is 22.4 Å². The molecular formula is C16H19N3OS. The molecule has 0 saturated heterocycles. The van der Waals surface area contributed by atoms with Gasteiger partial charge < -0.3 is 0 Å². The molecule has 0 fully saturated rings. The number of carbonyl (C=O) groups is 1. The Balaban J connectivity index is 1.84. The second-order valence-corrected chi connectivity index (χ2v) is 5.75. The Hall–Kier alpha value is -2.01. The number of carbonyl (C=O) groups excluding carboxylic acids is 1. The molecule has 1 aromatic heterocycles. The summed E-state index contributed by atoms with van der Waals surface area (Å²) >= 11 is 1.45. The molecule has 0 aliphatic heterocycles. The van der Waals surface area contributed by atoms with Crippen LogP contribution in [0.25, 0.3) is 6.08 Å². The number of hydrogen-bond donors (Lipinski definition) is 1. The predicted octanol–water partition coefficient (Wildman–Crippen LogP) is 3.92. The van der Waals surface area contributed by atoms with Gasteiger partial charge in [0, 0.05) is 12.5 Å². The standard InChI is InChI=1S/C16H19N3OS/c1-2-3-5-10-15-18-19-16(21-15)17-14(20)12-11-13-8-6-4-7-9-13/h4,6-9,11-12H,2-3,5,10H2,1H3,(H,17,19,20)/b12-11+. The van der Waals surface area contributed by atoms with Crippen LogP contribution in [-0.2, 0) is 11.2 Å². The second-order valence-electron chi connectivity index (χ2n) is 4.69. The fourth-order valence-corrected chi connectivity index (χ4v) is 2.60. The molecule has 0 atom stereocenters. The number of rotatable bonds is 7. The third-order valence-electron chi connectivity index (χ3n) is 2.92. The number of hydrogen-bond acceptors (Lipinski definition) is 4. The van der Waals surface area contributed by atoms with Crippen LogP contribution in [0.4, 0.5) is 5.13 Å². The van der Waals surface area contributed by atoms with Gasteiger partial charge in [-0.2, -0.15) is 0 Å². The first-order valence-electron chi connectivity index (χ1n) is 7.14. The van der Waals surface area contributed by atoms with Gasteiger partial charge in [0.15, 0.2) is 0 Å². The highest BCUT2D eigenvalue weighted by Crippen LogP contribution is 2.17. The van der Waals surface area contributed by atoms with E-state index in [1.54, 1.807) is 6.08 Å². The lowest BCUT2D eigenvalue weighted by Gasteiger charge is -1.95. The summed E-state index contributed by atoms with van der Waals surface area (Å²) in [6, 6.07) is 9.70. The summed E-state index contributed by atoms with van der Waals surface area (Å²) in [6.45, 7) is 2.17. The molecule has 0 saturated carbocycles. The maximum absolute atomic E-state index is 11.8. The van der Waals surface area contributed by atoms with Crippen LogP contribution < -0.4 is 5.32 Å². The number of nitrogens with zero attached hydrogens (tertiary/aromatic N) is 2. The Morgan fingerprint density at radius 2 is 2.05 bits per heavy atom. The molecule has 0 spiro atoms. The van der Waals surface area contributed by atoms with Gasteiger partial charge in [-0.05, 0) is 18.1 Å². The lowest BCUT2D eigenvalue weighted by Crippen LogP contribution is -2.07. The summed E-state index contributed by atoms with van der Waals surface area (Å²) in [5, 5.41) is 12.4. The van der Waals surface area contributed by atoms with E-state index < -0.39 is 0 Å². The predicted molar refractivity (Wildman–Crippen MR) is 87.2 cm³/mol. The zero-order valence-corrected chi connectivity index (χ0v) is 12.9. The molecule has 1 aromatic carbocycles. The number of aromatic nitrogens is 2. The van der Waals surface area contributed by atoms with Crippen molar-refractivity contribution in [3.8, 4) is 0 Å². The van der Waals surface area contributed by atoms with Crippen LogP contribution in [0.1, 0.15) is 36.8 Å². The third-order valence-corrected chi connectivity index (χ3v) is 3.82. The van der Waals surface area contributed by atoms with Gasteiger partial charge in [-0.15, -0.1) is 10.2 Å². The Morgan fingerprint density at radius 1 is 1.24 bits per heavy atom. The minimum absolute atomic E-state index is 0.185. The first-order valence-corrected chi connectivity index (χ1v) is 7.96. The SMILES string of the molecule is CCCCCc1nnc(NC(=O)/C=C/c2ccccc2)s1. The van der Waals surface area contributed by atoms with E-state index >= 15 is 0 Å². The van der Waals surface area contributed by atoms with Crippen molar-refractivity contribution in [2.75, 3.05) is 5.32 Å². The molecule has 4 nitrogen and oxygen atoms in total. The van der Waals surface area contributed by atoms with Crippen molar-refractivity contribution in [2.24, 2.45) is 0 Å². The molecule has 110 valence electrons. The molecule has 0 unspecified atom stereocenters. The number of amides is 1. The van der Waals surface area contributed by atoms with Crippen LogP contribution in [0, 0.1) is 0 Å². The van der Waals surface area contributed by atoms with Crippen molar-refractivity contribution in [1.82, 2.24) is 10.2 Å². The zero-order chi connectivity index (χ0) is 14.9. The lowest BCUT2D eigenvalue weighted by atomic mass is 10.2.